The van der Waals surface area contributed by atoms with E-state index in [-0.39, 0.29) is 10.4 Å². The zero-order valence-electron chi connectivity index (χ0n) is 10.1. The van der Waals surface area contributed by atoms with Crippen LogP contribution in [0.3, 0.4) is 0 Å². The number of hydrogen-bond acceptors (Lipinski definition) is 3. The molecule has 3 nitrogen and oxygen atoms in total. The zero-order valence-corrected chi connectivity index (χ0v) is 13.3. The summed E-state index contributed by atoms with van der Waals surface area (Å²) < 4.78 is 40.4. The molecule has 0 saturated carbocycles. The maximum atomic E-state index is 13.5. The molecule has 0 aliphatic rings. The number of halogens is 3. The average molecular weight is 360 g/mol. The fourth-order valence-corrected chi connectivity index (χ4v) is 3.23. The van der Waals surface area contributed by atoms with E-state index in [1.54, 1.807) is 0 Å². The van der Waals surface area contributed by atoms with Crippen molar-refractivity contribution in [3.8, 4) is 0 Å². The molecule has 0 aliphatic heterocycles. The van der Waals surface area contributed by atoms with Gasteiger partial charge in [-0.1, -0.05) is 27.5 Å². The maximum Gasteiger partial charge on any atom is 0.276 e. The molecule has 0 saturated heterocycles. The average Bonchev–Trinajstić information content (AvgIpc) is 2.28. The van der Waals surface area contributed by atoms with E-state index in [4.69, 9.17) is 11.6 Å². The van der Waals surface area contributed by atoms with Gasteiger partial charge < -0.3 is 0 Å². The Morgan fingerprint density at radius 3 is 2.44 bits per heavy atom. The zero-order chi connectivity index (χ0) is 14.1. The minimum Gasteiger partial charge on any atom is -0.273 e. The second kappa shape index (κ2) is 5.45. The van der Waals surface area contributed by atoms with Crippen LogP contribution in [0.4, 0.5) is 4.39 Å². The van der Waals surface area contributed by atoms with Gasteiger partial charge in [-0.3, -0.25) is 4.18 Å². The van der Waals surface area contributed by atoms with Crippen molar-refractivity contribution < 1.29 is 17.0 Å². The Balaban J connectivity index is 3.51. The molecule has 0 radical (unpaired) electrons. The number of hydrogen-bond donors (Lipinski definition) is 0. The van der Waals surface area contributed by atoms with E-state index in [1.807, 2.05) is 0 Å². The Bertz CT molecular complexity index is 558. The Morgan fingerprint density at radius 2 is 2.00 bits per heavy atom. The molecule has 0 amide bonds. The van der Waals surface area contributed by atoms with E-state index < -0.39 is 20.7 Å². The minimum absolute atomic E-state index is 0.0582. The highest BCUT2D eigenvalue weighted by Gasteiger charge is 2.38. The van der Waals surface area contributed by atoms with Gasteiger partial charge in [-0.05, 0) is 37.1 Å². The van der Waals surface area contributed by atoms with Crippen LogP contribution in [0.5, 0.6) is 0 Å². The van der Waals surface area contributed by atoms with Crippen LogP contribution >= 0.6 is 27.5 Å². The van der Waals surface area contributed by atoms with Gasteiger partial charge in [-0.25, -0.2) is 4.39 Å². The third-order valence-corrected chi connectivity index (χ3v) is 5.60. The van der Waals surface area contributed by atoms with Gasteiger partial charge in [-0.2, -0.15) is 8.42 Å². The first kappa shape index (κ1) is 15.9. The number of benzene rings is 1. The van der Waals surface area contributed by atoms with Crippen LogP contribution in [0, 0.1) is 5.82 Å². The van der Waals surface area contributed by atoms with Crippen LogP contribution in [-0.4, -0.2) is 15.5 Å². The number of rotatable bonds is 4. The van der Waals surface area contributed by atoms with E-state index in [0.717, 1.165) is 13.2 Å². The van der Waals surface area contributed by atoms with Crippen molar-refractivity contribution in [1.29, 1.82) is 0 Å². The van der Waals surface area contributed by atoms with Crippen LogP contribution in [0.15, 0.2) is 12.1 Å². The van der Waals surface area contributed by atoms with Crippen molar-refractivity contribution >= 4 is 37.6 Å². The van der Waals surface area contributed by atoms with Gasteiger partial charge in [0.15, 0.2) is 0 Å². The molecule has 0 N–H and O–H groups in total. The largest absolute Gasteiger partial charge is 0.276 e. The smallest absolute Gasteiger partial charge is 0.273 e. The van der Waals surface area contributed by atoms with Crippen molar-refractivity contribution in [1.82, 2.24) is 0 Å². The lowest BCUT2D eigenvalue weighted by atomic mass is 10.00. The van der Waals surface area contributed by atoms with Crippen LogP contribution in [0.2, 0.25) is 5.02 Å². The predicted octanol–water partition coefficient (Wildman–Crippen LogP) is 3.59. The summed E-state index contributed by atoms with van der Waals surface area (Å²) in [5, 5.41) is 0.328. The Morgan fingerprint density at radius 1 is 1.44 bits per heavy atom. The van der Waals surface area contributed by atoms with Gasteiger partial charge in [0.25, 0.3) is 10.1 Å². The summed E-state index contributed by atoms with van der Waals surface area (Å²) in [7, 11) is -2.75. The summed E-state index contributed by atoms with van der Waals surface area (Å²) in [6, 6.07) is 2.55. The molecule has 1 rings (SSSR count). The molecule has 102 valence electrons. The van der Waals surface area contributed by atoms with Crippen molar-refractivity contribution in [3.05, 3.63) is 34.1 Å². The summed E-state index contributed by atoms with van der Waals surface area (Å²) in [6.07, 6.45) is 0. The first-order chi connectivity index (χ1) is 8.17. The molecule has 0 aliphatic carbocycles. The second-order valence-corrected chi connectivity index (χ2v) is 7.42. The molecule has 7 heteroatoms. The predicted molar refractivity (Wildman–Crippen MR) is 73.0 cm³/mol. The summed E-state index contributed by atoms with van der Waals surface area (Å²) in [4.78, 5) is 0. The van der Waals surface area contributed by atoms with Gasteiger partial charge in [0, 0.05) is 10.4 Å². The monoisotopic (exact) mass is 358 g/mol. The topological polar surface area (TPSA) is 43.4 Å². The molecule has 0 aromatic heterocycles. The van der Waals surface area contributed by atoms with Crippen LogP contribution < -0.4 is 0 Å². The molecule has 0 spiro atoms. The highest BCUT2D eigenvalue weighted by atomic mass is 79.9. The molecule has 0 bridgehead atoms. The van der Waals surface area contributed by atoms with Gasteiger partial charge in [0.05, 0.1) is 7.11 Å². The molecule has 1 aromatic rings. The van der Waals surface area contributed by atoms with Gasteiger partial charge in [-0.15, -0.1) is 0 Å². The van der Waals surface area contributed by atoms with Crippen LogP contribution in [-0.2, 0) is 24.4 Å². The van der Waals surface area contributed by atoms with Crippen molar-refractivity contribution in [3.63, 3.8) is 0 Å². The van der Waals surface area contributed by atoms with Crippen molar-refractivity contribution in [2.24, 2.45) is 0 Å². The normalized spacial score (nSPS) is 12.8. The Kier molecular flexibility index (Phi) is 4.81. The van der Waals surface area contributed by atoms with Crippen LogP contribution in [0.25, 0.3) is 0 Å². The molecule has 0 unspecified atom stereocenters. The fraction of sp³-hybridized carbons (Fsp3) is 0.455. The Hall–Kier alpha value is -0.170. The molecular weight excluding hydrogens is 347 g/mol. The van der Waals surface area contributed by atoms with E-state index in [1.165, 1.54) is 19.9 Å². The van der Waals surface area contributed by atoms with Crippen LogP contribution in [0.1, 0.15) is 25.0 Å². The Labute approximate surface area is 120 Å². The molecule has 0 fully saturated rings. The lowest BCUT2D eigenvalue weighted by molar-refractivity contribution is 0.372. The van der Waals surface area contributed by atoms with E-state index in [2.05, 4.69) is 20.1 Å². The van der Waals surface area contributed by atoms with Gasteiger partial charge in [0.1, 0.15) is 10.6 Å². The second-order valence-electron chi connectivity index (χ2n) is 4.19. The lowest BCUT2D eigenvalue weighted by Crippen LogP contribution is -2.30. The van der Waals surface area contributed by atoms with Crippen molar-refractivity contribution in [2.75, 3.05) is 7.11 Å². The van der Waals surface area contributed by atoms with Gasteiger partial charge >= 0.3 is 0 Å². The first-order valence-electron chi connectivity index (χ1n) is 5.02. The van der Waals surface area contributed by atoms with Gasteiger partial charge in [0.2, 0.25) is 0 Å². The molecule has 0 atom stereocenters. The third-order valence-electron chi connectivity index (χ3n) is 2.77. The first-order valence-corrected chi connectivity index (χ1v) is 7.92. The highest BCUT2D eigenvalue weighted by molar-refractivity contribution is 9.08. The quantitative estimate of drug-likeness (QED) is 0.609. The fourth-order valence-electron chi connectivity index (χ4n) is 1.50. The van der Waals surface area contributed by atoms with E-state index in [9.17, 15) is 12.8 Å². The lowest BCUT2D eigenvalue weighted by Gasteiger charge is -2.25. The summed E-state index contributed by atoms with van der Waals surface area (Å²) in [6.45, 7) is 2.92. The molecular formula is C11H13BrClFO3S. The number of alkyl halides is 1. The van der Waals surface area contributed by atoms with Crippen molar-refractivity contribution in [2.45, 2.75) is 23.9 Å². The SMILES string of the molecule is COS(=O)(=O)C(C)(C)c1cc(CBr)c(F)cc1Cl. The summed E-state index contributed by atoms with van der Waals surface area (Å²) in [5.74, 6) is -0.480. The highest BCUT2D eigenvalue weighted by Crippen LogP contribution is 2.37. The summed E-state index contributed by atoms with van der Waals surface area (Å²) >= 11 is 9.07. The van der Waals surface area contributed by atoms with E-state index >= 15 is 0 Å². The molecule has 18 heavy (non-hydrogen) atoms. The van der Waals surface area contributed by atoms with E-state index in [0.29, 0.717) is 11.1 Å². The third kappa shape index (κ3) is 2.71. The molecule has 0 heterocycles. The summed E-state index contributed by atoms with van der Waals surface area (Å²) in [5.41, 5.74) is 0.649. The minimum atomic E-state index is -3.83. The molecule has 1 aromatic carbocycles. The standard InChI is InChI=1S/C11H13BrClFO3S/c1-11(2,18(15,16)17-3)8-4-7(6-12)10(14)5-9(8)13/h4-5H,6H2,1-3H3. The maximum absolute atomic E-state index is 13.5.